The second kappa shape index (κ2) is 7.59. The van der Waals surface area contributed by atoms with Crippen LogP contribution in [0.15, 0.2) is 72.9 Å². The highest BCUT2D eigenvalue weighted by Gasteiger charge is 2.29. The molecule has 1 aliphatic carbocycles. The van der Waals surface area contributed by atoms with Gasteiger partial charge in [-0.05, 0) is 71.5 Å². The number of carbonyl (C=O) groups excluding carboxylic acids is 1. The lowest BCUT2D eigenvalue weighted by Crippen LogP contribution is -2.23. The van der Waals surface area contributed by atoms with Crippen molar-refractivity contribution in [3.05, 3.63) is 101 Å². The fourth-order valence-electron chi connectivity index (χ4n) is 3.74. The monoisotopic (exact) mass is 398 g/mol. The average Bonchev–Trinajstić information content (AvgIpc) is 2.74. The summed E-state index contributed by atoms with van der Waals surface area (Å²) in [6.07, 6.45) is 4.86. The Bertz CT molecular complexity index is 1150. The first-order valence-electron chi connectivity index (χ1n) is 9.76. The first-order valence-corrected chi connectivity index (χ1v) is 9.76. The summed E-state index contributed by atoms with van der Waals surface area (Å²) in [5.74, 6) is -1.25. The van der Waals surface area contributed by atoms with E-state index in [1.54, 1.807) is 18.3 Å². The molecule has 1 amide bonds. The quantitative estimate of drug-likeness (QED) is 0.637. The third-order valence-electron chi connectivity index (χ3n) is 5.45. The molecule has 150 valence electrons. The highest BCUT2D eigenvalue weighted by atomic mass is 16.4. The summed E-state index contributed by atoms with van der Waals surface area (Å²) in [4.78, 5) is 28.4. The molecule has 2 aromatic carbocycles. The zero-order valence-electron chi connectivity index (χ0n) is 16.8. The molecule has 4 rings (SSSR count). The largest absolute Gasteiger partial charge is 0.478 e. The van der Waals surface area contributed by atoms with E-state index < -0.39 is 5.97 Å². The number of aromatic carboxylic acids is 1. The molecule has 0 fully saturated rings. The molecule has 0 aliphatic heterocycles. The normalized spacial score (nSPS) is 14.4. The minimum Gasteiger partial charge on any atom is -0.478 e. The predicted octanol–water partition coefficient (Wildman–Crippen LogP) is 5.15. The molecule has 0 atom stereocenters. The van der Waals surface area contributed by atoms with Gasteiger partial charge in [-0.25, -0.2) is 4.79 Å². The fraction of sp³-hybridized carbons (Fsp3) is 0.160. The van der Waals surface area contributed by atoms with E-state index in [9.17, 15) is 9.59 Å². The number of pyridine rings is 1. The van der Waals surface area contributed by atoms with E-state index in [0.29, 0.717) is 11.3 Å². The number of aromatic nitrogens is 1. The van der Waals surface area contributed by atoms with Gasteiger partial charge in [-0.15, -0.1) is 0 Å². The number of anilines is 1. The number of nitrogens with one attached hydrogen (secondary N) is 1. The Balaban J connectivity index is 1.67. The SMILES string of the molecule is CC1(C)CC=C(c2ccccn2)c2cc(C(=O)Nc3ccc(C(=O)O)cc3)ccc21. The van der Waals surface area contributed by atoms with Crippen LogP contribution in [0.5, 0.6) is 0 Å². The van der Waals surface area contributed by atoms with Crippen LogP contribution in [0, 0.1) is 0 Å². The maximum Gasteiger partial charge on any atom is 0.335 e. The maximum atomic E-state index is 12.9. The van der Waals surface area contributed by atoms with Crippen LogP contribution in [0.1, 0.15) is 57.8 Å². The Morgan fingerprint density at radius 1 is 1.00 bits per heavy atom. The van der Waals surface area contributed by atoms with E-state index in [0.717, 1.165) is 23.3 Å². The molecule has 3 aromatic rings. The average molecular weight is 398 g/mol. The van der Waals surface area contributed by atoms with E-state index in [-0.39, 0.29) is 16.9 Å². The third-order valence-corrected chi connectivity index (χ3v) is 5.45. The van der Waals surface area contributed by atoms with Gasteiger partial charge in [0, 0.05) is 23.0 Å². The van der Waals surface area contributed by atoms with Crippen molar-refractivity contribution >= 4 is 23.1 Å². The topological polar surface area (TPSA) is 79.3 Å². The van der Waals surface area contributed by atoms with Crippen molar-refractivity contribution in [3.8, 4) is 0 Å². The van der Waals surface area contributed by atoms with Crippen molar-refractivity contribution in [2.75, 3.05) is 5.32 Å². The number of carbonyl (C=O) groups is 2. The van der Waals surface area contributed by atoms with Crippen LogP contribution in [0.25, 0.3) is 5.57 Å². The first-order chi connectivity index (χ1) is 14.3. The molecular weight excluding hydrogens is 376 g/mol. The second-order valence-corrected chi connectivity index (χ2v) is 8.02. The smallest absolute Gasteiger partial charge is 0.335 e. The van der Waals surface area contributed by atoms with Crippen molar-refractivity contribution in [3.63, 3.8) is 0 Å². The highest BCUT2D eigenvalue weighted by Crippen LogP contribution is 2.41. The molecule has 1 aliphatic rings. The van der Waals surface area contributed by atoms with Crippen LogP contribution in [-0.4, -0.2) is 22.0 Å². The van der Waals surface area contributed by atoms with Crippen LogP contribution in [-0.2, 0) is 5.41 Å². The summed E-state index contributed by atoms with van der Waals surface area (Å²) < 4.78 is 0. The molecule has 2 N–H and O–H groups in total. The number of nitrogens with zero attached hydrogens (tertiary/aromatic N) is 1. The fourth-order valence-corrected chi connectivity index (χ4v) is 3.74. The van der Waals surface area contributed by atoms with Gasteiger partial charge in [-0.2, -0.15) is 0 Å². The maximum absolute atomic E-state index is 12.9. The Morgan fingerprint density at radius 3 is 2.40 bits per heavy atom. The van der Waals surface area contributed by atoms with Gasteiger partial charge in [0.25, 0.3) is 5.91 Å². The number of carboxylic acids is 1. The van der Waals surface area contributed by atoms with E-state index in [2.05, 4.69) is 30.2 Å². The number of amides is 1. The summed E-state index contributed by atoms with van der Waals surface area (Å²) in [5.41, 5.74) is 5.34. The van der Waals surface area contributed by atoms with Gasteiger partial charge < -0.3 is 10.4 Å². The molecule has 0 bridgehead atoms. The van der Waals surface area contributed by atoms with E-state index in [1.807, 2.05) is 36.4 Å². The molecule has 1 aromatic heterocycles. The zero-order chi connectivity index (χ0) is 21.3. The highest BCUT2D eigenvalue weighted by molar-refractivity contribution is 6.05. The molecule has 30 heavy (non-hydrogen) atoms. The number of allylic oxidation sites excluding steroid dienone is 1. The minimum absolute atomic E-state index is 0.0325. The third kappa shape index (κ3) is 3.74. The summed E-state index contributed by atoms with van der Waals surface area (Å²) in [7, 11) is 0. The van der Waals surface area contributed by atoms with Crippen LogP contribution < -0.4 is 5.32 Å². The van der Waals surface area contributed by atoms with Gasteiger partial charge in [0.15, 0.2) is 0 Å². The van der Waals surface area contributed by atoms with E-state index in [4.69, 9.17) is 5.11 Å². The van der Waals surface area contributed by atoms with Crippen molar-refractivity contribution in [2.45, 2.75) is 25.7 Å². The van der Waals surface area contributed by atoms with Gasteiger partial charge in [0.1, 0.15) is 0 Å². The molecule has 0 saturated heterocycles. The number of hydrogen-bond acceptors (Lipinski definition) is 3. The molecule has 0 unspecified atom stereocenters. The standard InChI is InChI=1S/C25H22N2O3/c1-25(2)13-12-19(22-5-3-4-14-26-22)20-15-17(8-11-21(20)25)23(28)27-18-9-6-16(7-10-18)24(29)30/h3-12,14-15H,13H2,1-2H3,(H,27,28)(H,29,30). The van der Waals surface area contributed by atoms with Gasteiger partial charge in [-0.1, -0.05) is 32.1 Å². The van der Waals surface area contributed by atoms with E-state index >= 15 is 0 Å². The number of carboxylic acid groups (broad SMARTS) is 1. The lowest BCUT2D eigenvalue weighted by molar-refractivity contribution is 0.0696. The van der Waals surface area contributed by atoms with E-state index in [1.165, 1.54) is 17.7 Å². The number of rotatable bonds is 4. The van der Waals surface area contributed by atoms with Crippen LogP contribution in [0.3, 0.4) is 0 Å². The number of benzene rings is 2. The lowest BCUT2D eigenvalue weighted by atomic mass is 9.72. The van der Waals surface area contributed by atoms with Crippen LogP contribution >= 0.6 is 0 Å². The molecule has 5 heteroatoms. The van der Waals surface area contributed by atoms with Crippen molar-refractivity contribution in [1.29, 1.82) is 0 Å². The number of hydrogen-bond donors (Lipinski definition) is 2. The Hall–Kier alpha value is -3.73. The molecule has 0 spiro atoms. The second-order valence-electron chi connectivity index (χ2n) is 8.02. The van der Waals surface area contributed by atoms with Crippen molar-refractivity contribution in [2.24, 2.45) is 0 Å². The summed E-state index contributed by atoms with van der Waals surface area (Å²) in [5, 5.41) is 11.9. The Morgan fingerprint density at radius 2 is 1.73 bits per heavy atom. The summed E-state index contributed by atoms with van der Waals surface area (Å²) >= 11 is 0. The molecule has 5 nitrogen and oxygen atoms in total. The van der Waals surface area contributed by atoms with Crippen LogP contribution in [0.2, 0.25) is 0 Å². The molecule has 0 radical (unpaired) electrons. The van der Waals surface area contributed by atoms with Crippen molar-refractivity contribution < 1.29 is 14.7 Å². The number of fused-ring (bicyclic) bond motifs is 1. The van der Waals surface area contributed by atoms with Gasteiger partial charge in [0.2, 0.25) is 0 Å². The van der Waals surface area contributed by atoms with Gasteiger partial charge in [-0.3, -0.25) is 9.78 Å². The van der Waals surface area contributed by atoms with Gasteiger partial charge >= 0.3 is 5.97 Å². The first kappa shape index (κ1) is 19.6. The Labute approximate surface area is 175 Å². The molecular formula is C25H22N2O3. The molecule has 1 heterocycles. The Kier molecular flexibility index (Phi) is 4.96. The van der Waals surface area contributed by atoms with Crippen molar-refractivity contribution in [1.82, 2.24) is 4.98 Å². The minimum atomic E-state index is -1.00. The van der Waals surface area contributed by atoms with Crippen LogP contribution in [0.4, 0.5) is 5.69 Å². The summed E-state index contributed by atoms with van der Waals surface area (Å²) in [6, 6.07) is 17.7. The predicted molar refractivity (Wildman–Crippen MR) is 117 cm³/mol. The van der Waals surface area contributed by atoms with Gasteiger partial charge in [0.05, 0.1) is 11.3 Å². The molecule has 0 saturated carbocycles. The zero-order valence-corrected chi connectivity index (χ0v) is 16.8. The lowest BCUT2D eigenvalue weighted by Gasteiger charge is -2.32. The summed E-state index contributed by atoms with van der Waals surface area (Å²) in [6.45, 7) is 4.39.